The molecule has 0 atom stereocenters. The molecule has 20 heavy (non-hydrogen) atoms. The minimum Gasteiger partial charge on any atom is -0.493 e. The molecular weight excluding hydrogens is 256 g/mol. The van der Waals surface area contributed by atoms with Crippen LogP contribution in [-0.2, 0) is 9.53 Å². The molecule has 0 fully saturated rings. The van der Waals surface area contributed by atoms with Gasteiger partial charge in [-0.3, -0.25) is 9.59 Å². The number of para-hydroxylation sites is 1. The topological polar surface area (TPSA) is 52.6 Å². The highest BCUT2D eigenvalue weighted by Crippen LogP contribution is 2.22. The zero-order valence-corrected chi connectivity index (χ0v) is 12.2. The van der Waals surface area contributed by atoms with Crippen LogP contribution in [0.1, 0.15) is 48.5 Å². The van der Waals surface area contributed by atoms with Crippen LogP contribution in [0.15, 0.2) is 18.2 Å². The molecule has 0 heterocycles. The normalized spacial score (nSPS) is 10.1. The van der Waals surface area contributed by atoms with E-state index in [-0.39, 0.29) is 5.97 Å². The first-order chi connectivity index (χ1) is 9.69. The highest BCUT2D eigenvalue weighted by atomic mass is 16.5. The van der Waals surface area contributed by atoms with Gasteiger partial charge in [0.25, 0.3) is 0 Å². The predicted molar refractivity (Wildman–Crippen MR) is 77.2 cm³/mol. The van der Waals surface area contributed by atoms with Crippen molar-refractivity contribution in [2.75, 3.05) is 13.2 Å². The van der Waals surface area contributed by atoms with Gasteiger partial charge >= 0.3 is 5.97 Å². The summed E-state index contributed by atoms with van der Waals surface area (Å²) in [5.41, 5.74) is 1.54. The van der Waals surface area contributed by atoms with Gasteiger partial charge in [-0.25, -0.2) is 0 Å². The number of carbonyl (C=O) groups excluding carboxylic acids is 2. The number of esters is 1. The van der Waals surface area contributed by atoms with Crippen molar-refractivity contribution in [3.63, 3.8) is 0 Å². The van der Waals surface area contributed by atoms with Crippen LogP contribution in [0, 0.1) is 6.92 Å². The summed E-state index contributed by atoms with van der Waals surface area (Å²) in [6, 6.07) is 5.50. The van der Waals surface area contributed by atoms with Gasteiger partial charge in [0.15, 0.2) is 6.29 Å². The summed E-state index contributed by atoms with van der Waals surface area (Å²) in [6.07, 6.45) is 3.82. The molecule has 0 saturated heterocycles. The lowest BCUT2D eigenvalue weighted by molar-refractivity contribution is -0.143. The number of rotatable bonds is 9. The lowest BCUT2D eigenvalue weighted by Crippen LogP contribution is -2.04. The molecule has 0 radical (unpaired) electrons. The molecule has 1 aromatic rings. The van der Waals surface area contributed by atoms with Gasteiger partial charge in [0.2, 0.25) is 0 Å². The van der Waals surface area contributed by atoms with E-state index in [1.165, 1.54) is 0 Å². The maximum absolute atomic E-state index is 11.1. The van der Waals surface area contributed by atoms with Crippen LogP contribution in [0.25, 0.3) is 0 Å². The third-order valence-electron chi connectivity index (χ3n) is 2.95. The summed E-state index contributed by atoms with van der Waals surface area (Å²) < 4.78 is 10.5. The molecule has 0 aromatic heterocycles. The quantitative estimate of drug-likeness (QED) is 0.395. The fourth-order valence-electron chi connectivity index (χ4n) is 1.92. The number of hydrogen-bond acceptors (Lipinski definition) is 4. The lowest BCUT2D eigenvalue weighted by atomic mass is 10.1. The number of hydrogen-bond donors (Lipinski definition) is 0. The van der Waals surface area contributed by atoms with Crippen LogP contribution in [0.4, 0.5) is 0 Å². The molecule has 0 amide bonds. The molecule has 1 rings (SSSR count). The Balaban J connectivity index is 2.25. The average molecular weight is 278 g/mol. The molecule has 0 saturated carbocycles. The second-order valence-corrected chi connectivity index (χ2v) is 4.58. The van der Waals surface area contributed by atoms with Gasteiger partial charge in [0.1, 0.15) is 5.75 Å². The van der Waals surface area contributed by atoms with E-state index in [0.717, 1.165) is 31.1 Å². The molecule has 0 unspecified atom stereocenters. The fraction of sp³-hybridized carbons (Fsp3) is 0.500. The monoisotopic (exact) mass is 278 g/mol. The molecule has 1 aromatic carbocycles. The Hall–Kier alpha value is -1.84. The first kappa shape index (κ1) is 16.2. The van der Waals surface area contributed by atoms with Crippen molar-refractivity contribution in [1.29, 1.82) is 0 Å². The Bertz CT molecular complexity index is 440. The van der Waals surface area contributed by atoms with Gasteiger partial charge in [0.05, 0.1) is 18.8 Å². The predicted octanol–water partition coefficient (Wildman–Crippen LogP) is 3.31. The maximum atomic E-state index is 11.1. The molecule has 4 heteroatoms. The summed E-state index contributed by atoms with van der Waals surface area (Å²) in [7, 11) is 0. The second kappa shape index (κ2) is 9.13. The SMILES string of the molecule is CCOC(=O)CCCCCOc1c(C)cccc1C=O. The van der Waals surface area contributed by atoms with Crippen molar-refractivity contribution < 1.29 is 19.1 Å². The largest absolute Gasteiger partial charge is 0.493 e. The van der Waals surface area contributed by atoms with E-state index in [2.05, 4.69) is 0 Å². The van der Waals surface area contributed by atoms with Crippen molar-refractivity contribution in [3.8, 4) is 5.75 Å². The van der Waals surface area contributed by atoms with E-state index >= 15 is 0 Å². The van der Waals surface area contributed by atoms with Crippen LogP contribution in [-0.4, -0.2) is 25.5 Å². The Morgan fingerprint density at radius 1 is 1.25 bits per heavy atom. The molecular formula is C16H22O4. The molecule has 0 aliphatic rings. The summed E-state index contributed by atoms with van der Waals surface area (Å²) in [5, 5.41) is 0. The zero-order valence-electron chi connectivity index (χ0n) is 12.2. The third kappa shape index (κ3) is 5.43. The highest BCUT2D eigenvalue weighted by molar-refractivity contribution is 5.80. The minimum atomic E-state index is -0.143. The molecule has 110 valence electrons. The number of carbonyl (C=O) groups is 2. The number of aryl methyl sites for hydroxylation is 1. The van der Waals surface area contributed by atoms with Crippen LogP contribution >= 0.6 is 0 Å². The van der Waals surface area contributed by atoms with Gasteiger partial charge in [0, 0.05) is 6.42 Å². The number of aldehydes is 1. The fourth-order valence-corrected chi connectivity index (χ4v) is 1.92. The van der Waals surface area contributed by atoms with Gasteiger partial charge in [-0.2, -0.15) is 0 Å². The van der Waals surface area contributed by atoms with E-state index in [9.17, 15) is 9.59 Å². The first-order valence-corrected chi connectivity index (χ1v) is 7.02. The summed E-state index contributed by atoms with van der Waals surface area (Å²) in [5.74, 6) is 0.517. The maximum Gasteiger partial charge on any atom is 0.305 e. The van der Waals surface area contributed by atoms with E-state index in [1.807, 2.05) is 19.1 Å². The summed E-state index contributed by atoms with van der Waals surface area (Å²) >= 11 is 0. The number of benzene rings is 1. The van der Waals surface area contributed by atoms with Crippen molar-refractivity contribution in [1.82, 2.24) is 0 Å². The molecule has 4 nitrogen and oxygen atoms in total. The number of ether oxygens (including phenoxy) is 2. The summed E-state index contributed by atoms with van der Waals surface area (Å²) in [6.45, 7) is 4.71. The Kier molecular flexibility index (Phi) is 7.40. The van der Waals surface area contributed by atoms with Crippen molar-refractivity contribution in [2.45, 2.75) is 39.5 Å². The summed E-state index contributed by atoms with van der Waals surface area (Å²) in [4.78, 5) is 22.1. The van der Waals surface area contributed by atoms with Crippen molar-refractivity contribution >= 4 is 12.3 Å². The second-order valence-electron chi connectivity index (χ2n) is 4.58. The Morgan fingerprint density at radius 3 is 2.75 bits per heavy atom. The van der Waals surface area contributed by atoms with Gasteiger partial charge in [-0.05, 0) is 44.7 Å². The minimum absolute atomic E-state index is 0.143. The Morgan fingerprint density at radius 2 is 2.05 bits per heavy atom. The van der Waals surface area contributed by atoms with E-state index in [1.54, 1.807) is 13.0 Å². The van der Waals surface area contributed by atoms with Gasteiger partial charge < -0.3 is 9.47 Å². The average Bonchev–Trinajstić information content (AvgIpc) is 2.44. The van der Waals surface area contributed by atoms with Crippen molar-refractivity contribution in [3.05, 3.63) is 29.3 Å². The van der Waals surface area contributed by atoms with Crippen LogP contribution in [0.3, 0.4) is 0 Å². The van der Waals surface area contributed by atoms with Crippen molar-refractivity contribution in [2.24, 2.45) is 0 Å². The van der Waals surface area contributed by atoms with Crippen LogP contribution < -0.4 is 4.74 Å². The van der Waals surface area contributed by atoms with Crippen LogP contribution in [0.5, 0.6) is 5.75 Å². The van der Waals surface area contributed by atoms with E-state index in [0.29, 0.717) is 30.9 Å². The van der Waals surface area contributed by atoms with Crippen LogP contribution in [0.2, 0.25) is 0 Å². The zero-order chi connectivity index (χ0) is 14.8. The lowest BCUT2D eigenvalue weighted by Gasteiger charge is -2.11. The third-order valence-corrected chi connectivity index (χ3v) is 2.95. The molecule has 0 N–H and O–H groups in total. The van der Waals surface area contributed by atoms with E-state index < -0.39 is 0 Å². The smallest absolute Gasteiger partial charge is 0.305 e. The standard InChI is InChI=1S/C16H22O4/c1-3-19-15(18)10-5-4-6-11-20-16-13(2)8-7-9-14(16)12-17/h7-9,12H,3-6,10-11H2,1-2H3. The Labute approximate surface area is 120 Å². The number of unbranched alkanes of at least 4 members (excludes halogenated alkanes) is 2. The molecule has 0 bridgehead atoms. The van der Waals surface area contributed by atoms with Gasteiger partial charge in [-0.15, -0.1) is 0 Å². The molecule has 0 aliphatic carbocycles. The molecule has 0 aliphatic heterocycles. The molecule has 0 spiro atoms. The van der Waals surface area contributed by atoms with E-state index in [4.69, 9.17) is 9.47 Å². The highest BCUT2D eigenvalue weighted by Gasteiger charge is 2.06. The van der Waals surface area contributed by atoms with Gasteiger partial charge in [-0.1, -0.05) is 12.1 Å². The first-order valence-electron chi connectivity index (χ1n) is 7.02.